The van der Waals surface area contributed by atoms with Crippen molar-refractivity contribution in [2.75, 3.05) is 26.2 Å². The molecule has 2 amide bonds. The largest absolute Gasteiger partial charge is 0.395 e. The number of thiophene rings is 1. The minimum atomic E-state index is -0.148. The number of amides is 2. The van der Waals surface area contributed by atoms with Gasteiger partial charge in [-0.25, -0.2) is 0 Å². The van der Waals surface area contributed by atoms with Gasteiger partial charge in [0, 0.05) is 25.1 Å². The lowest BCUT2D eigenvalue weighted by Gasteiger charge is -2.18. The van der Waals surface area contributed by atoms with Gasteiger partial charge in [0.2, 0.25) is 5.91 Å². The van der Waals surface area contributed by atoms with Crippen LogP contribution < -0.4 is 5.32 Å². The van der Waals surface area contributed by atoms with E-state index in [-0.39, 0.29) is 25.0 Å². The molecule has 20 heavy (non-hydrogen) atoms. The fourth-order valence-electron chi connectivity index (χ4n) is 1.91. The van der Waals surface area contributed by atoms with E-state index in [1.165, 1.54) is 11.3 Å². The summed E-state index contributed by atoms with van der Waals surface area (Å²) >= 11 is 1.33. The van der Waals surface area contributed by atoms with E-state index in [2.05, 4.69) is 17.2 Å². The van der Waals surface area contributed by atoms with Gasteiger partial charge >= 0.3 is 0 Å². The first-order valence-corrected chi connectivity index (χ1v) is 7.33. The molecular weight excluding hydrogens is 276 g/mol. The molecule has 106 valence electrons. The van der Waals surface area contributed by atoms with Gasteiger partial charge in [-0.15, -0.1) is 11.3 Å². The Bertz CT molecular complexity index is 556. The SMILES string of the molecule is O=C1CN(C(=O)c2sccc2C#CCCO)CCCN1. The zero-order valence-electron chi connectivity index (χ0n) is 11.0. The molecule has 2 heterocycles. The van der Waals surface area contributed by atoms with Gasteiger partial charge in [-0.05, 0) is 17.9 Å². The minimum Gasteiger partial charge on any atom is -0.395 e. The molecule has 1 aromatic heterocycles. The molecule has 2 N–H and O–H groups in total. The van der Waals surface area contributed by atoms with Gasteiger partial charge in [0.05, 0.1) is 13.2 Å². The summed E-state index contributed by atoms with van der Waals surface area (Å²) in [6, 6.07) is 1.79. The van der Waals surface area contributed by atoms with E-state index in [1.807, 2.05) is 5.38 Å². The van der Waals surface area contributed by atoms with Crippen molar-refractivity contribution in [3.8, 4) is 11.8 Å². The number of aliphatic hydroxyl groups is 1. The van der Waals surface area contributed by atoms with Crippen molar-refractivity contribution in [2.45, 2.75) is 12.8 Å². The number of nitrogens with one attached hydrogen (secondary N) is 1. The van der Waals surface area contributed by atoms with Gasteiger partial charge in [-0.3, -0.25) is 9.59 Å². The van der Waals surface area contributed by atoms with Gasteiger partial charge in [0.25, 0.3) is 5.91 Å². The second-order valence-electron chi connectivity index (χ2n) is 4.37. The Morgan fingerprint density at radius 3 is 3.20 bits per heavy atom. The fourth-order valence-corrected chi connectivity index (χ4v) is 2.73. The molecule has 1 fully saturated rings. The normalized spacial score (nSPS) is 15.1. The van der Waals surface area contributed by atoms with Gasteiger partial charge in [-0.1, -0.05) is 11.8 Å². The maximum Gasteiger partial charge on any atom is 0.265 e. The minimum absolute atomic E-state index is 0.00666. The molecular formula is C14H16N2O3S. The average Bonchev–Trinajstić information content (AvgIpc) is 2.79. The lowest BCUT2D eigenvalue weighted by atomic mass is 10.2. The summed E-state index contributed by atoms with van der Waals surface area (Å²) in [4.78, 5) is 26.1. The summed E-state index contributed by atoms with van der Waals surface area (Å²) < 4.78 is 0. The number of rotatable bonds is 2. The van der Waals surface area contributed by atoms with Crippen molar-refractivity contribution in [1.82, 2.24) is 10.2 Å². The van der Waals surface area contributed by atoms with Crippen LogP contribution in [-0.4, -0.2) is 48.1 Å². The van der Waals surface area contributed by atoms with Gasteiger partial charge < -0.3 is 15.3 Å². The van der Waals surface area contributed by atoms with Crippen molar-refractivity contribution >= 4 is 23.2 Å². The first kappa shape index (κ1) is 14.6. The number of nitrogens with zero attached hydrogens (tertiary/aromatic N) is 1. The third-order valence-electron chi connectivity index (χ3n) is 2.87. The zero-order chi connectivity index (χ0) is 14.4. The van der Waals surface area contributed by atoms with Crippen molar-refractivity contribution < 1.29 is 14.7 Å². The summed E-state index contributed by atoms with van der Waals surface area (Å²) in [6.45, 7) is 1.28. The first-order chi connectivity index (χ1) is 9.72. The Balaban J connectivity index is 2.15. The lowest BCUT2D eigenvalue weighted by molar-refractivity contribution is -0.121. The molecule has 0 unspecified atom stereocenters. The summed E-state index contributed by atoms with van der Waals surface area (Å²) in [5.74, 6) is 5.43. The summed E-state index contributed by atoms with van der Waals surface area (Å²) in [5.41, 5.74) is 0.665. The van der Waals surface area contributed by atoms with Crippen LogP contribution in [0.25, 0.3) is 0 Å². The van der Waals surface area contributed by atoms with Crippen LogP contribution in [0.2, 0.25) is 0 Å². The quantitative estimate of drug-likeness (QED) is 0.777. The van der Waals surface area contributed by atoms with Crippen LogP contribution in [0.4, 0.5) is 0 Å². The van der Waals surface area contributed by atoms with Gasteiger partial charge in [0.15, 0.2) is 0 Å². The maximum absolute atomic E-state index is 12.5. The Morgan fingerprint density at radius 2 is 2.40 bits per heavy atom. The highest BCUT2D eigenvalue weighted by Gasteiger charge is 2.23. The van der Waals surface area contributed by atoms with Crippen molar-refractivity contribution in [3.63, 3.8) is 0 Å². The van der Waals surface area contributed by atoms with Crippen molar-refractivity contribution in [2.24, 2.45) is 0 Å². The number of aliphatic hydroxyl groups excluding tert-OH is 1. The number of hydrogen-bond donors (Lipinski definition) is 2. The second-order valence-corrected chi connectivity index (χ2v) is 5.29. The van der Waals surface area contributed by atoms with E-state index in [0.717, 1.165) is 6.42 Å². The highest BCUT2D eigenvalue weighted by molar-refractivity contribution is 7.12. The van der Waals surface area contributed by atoms with Crippen molar-refractivity contribution in [3.05, 3.63) is 21.9 Å². The highest BCUT2D eigenvalue weighted by atomic mass is 32.1. The van der Waals surface area contributed by atoms with Crippen LogP contribution in [0, 0.1) is 11.8 Å². The topological polar surface area (TPSA) is 69.6 Å². The molecule has 0 spiro atoms. The Morgan fingerprint density at radius 1 is 1.55 bits per heavy atom. The summed E-state index contributed by atoms with van der Waals surface area (Å²) in [5, 5.41) is 13.3. The monoisotopic (exact) mass is 292 g/mol. The van der Waals surface area contributed by atoms with E-state index < -0.39 is 0 Å². The smallest absolute Gasteiger partial charge is 0.265 e. The predicted octanol–water partition coefficient (Wildman–Crippen LogP) is 0.444. The standard InChI is InChI=1S/C14H16N2O3S/c17-8-2-1-4-11-5-9-20-13(11)14(19)16-7-3-6-15-12(18)10-16/h5,9,17H,2-3,6-8,10H2,(H,15,18). The number of carbonyl (C=O) groups is 2. The summed E-state index contributed by atoms with van der Waals surface area (Å²) in [6.07, 6.45) is 1.14. The van der Waals surface area contributed by atoms with E-state index in [9.17, 15) is 9.59 Å². The van der Waals surface area contributed by atoms with Crippen LogP contribution >= 0.6 is 11.3 Å². The molecule has 0 bridgehead atoms. The van der Waals surface area contributed by atoms with Crippen LogP contribution in [0.15, 0.2) is 11.4 Å². The lowest BCUT2D eigenvalue weighted by Crippen LogP contribution is -2.37. The Kier molecular flexibility index (Phi) is 5.16. The van der Waals surface area contributed by atoms with Crippen LogP contribution in [0.5, 0.6) is 0 Å². The molecule has 6 heteroatoms. The molecule has 0 radical (unpaired) electrons. The average molecular weight is 292 g/mol. The van der Waals surface area contributed by atoms with Crippen molar-refractivity contribution in [1.29, 1.82) is 0 Å². The molecule has 1 aromatic rings. The Labute approximate surface area is 121 Å². The maximum atomic E-state index is 12.5. The molecule has 1 saturated heterocycles. The molecule has 5 nitrogen and oxygen atoms in total. The molecule has 0 atom stereocenters. The van der Waals surface area contributed by atoms with E-state index >= 15 is 0 Å². The third kappa shape index (κ3) is 3.59. The molecule has 0 aliphatic carbocycles. The van der Waals surface area contributed by atoms with Crippen LogP contribution in [0.1, 0.15) is 28.1 Å². The molecule has 0 aromatic carbocycles. The van der Waals surface area contributed by atoms with E-state index in [1.54, 1.807) is 11.0 Å². The third-order valence-corrected chi connectivity index (χ3v) is 3.77. The molecule has 1 aliphatic heterocycles. The predicted molar refractivity (Wildman–Crippen MR) is 76.4 cm³/mol. The second kappa shape index (κ2) is 7.08. The number of carbonyl (C=O) groups excluding carboxylic acids is 2. The highest BCUT2D eigenvalue weighted by Crippen LogP contribution is 2.18. The number of hydrogen-bond acceptors (Lipinski definition) is 4. The van der Waals surface area contributed by atoms with Crippen LogP contribution in [0.3, 0.4) is 0 Å². The van der Waals surface area contributed by atoms with Crippen LogP contribution in [-0.2, 0) is 4.79 Å². The molecule has 2 rings (SSSR count). The molecule has 0 saturated carbocycles. The first-order valence-electron chi connectivity index (χ1n) is 6.45. The van der Waals surface area contributed by atoms with E-state index in [0.29, 0.717) is 30.0 Å². The van der Waals surface area contributed by atoms with Gasteiger partial charge in [-0.2, -0.15) is 0 Å². The molecule has 1 aliphatic rings. The fraction of sp³-hybridized carbons (Fsp3) is 0.429. The Hall–Kier alpha value is -1.84. The van der Waals surface area contributed by atoms with Gasteiger partial charge in [0.1, 0.15) is 4.88 Å². The summed E-state index contributed by atoms with van der Waals surface area (Å²) in [7, 11) is 0. The zero-order valence-corrected chi connectivity index (χ0v) is 11.8. The van der Waals surface area contributed by atoms with E-state index in [4.69, 9.17) is 5.11 Å².